The number of ether oxygens (including phenoxy) is 2. The summed E-state index contributed by atoms with van der Waals surface area (Å²) in [6, 6.07) is 9.11. The monoisotopic (exact) mass is 289 g/mol. The van der Waals surface area contributed by atoms with Crippen LogP contribution in [0.5, 0.6) is 11.5 Å². The smallest absolute Gasteiger partial charge is 0.256 e. The van der Waals surface area contributed by atoms with E-state index in [-0.39, 0.29) is 11.7 Å². The van der Waals surface area contributed by atoms with E-state index in [4.69, 9.17) is 9.47 Å². The highest BCUT2D eigenvalue weighted by Crippen LogP contribution is 2.29. The van der Waals surface area contributed by atoms with E-state index in [0.29, 0.717) is 28.3 Å². The number of anilines is 1. The highest BCUT2D eigenvalue weighted by molar-refractivity contribution is 6.06. The fourth-order valence-electron chi connectivity index (χ4n) is 1.97. The summed E-state index contributed by atoms with van der Waals surface area (Å²) in [5.74, 6) is 0.423. The minimum Gasteiger partial charge on any atom is -0.497 e. The fourth-order valence-corrected chi connectivity index (χ4v) is 1.97. The Hall–Kier alpha value is -2.56. The molecule has 0 aromatic heterocycles. The molecule has 2 aromatic carbocycles. The molecule has 1 N–H and O–H groups in total. The van der Waals surface area contributed by atoms with E-state index in [0.717, 1.165) is 0 Å². The van der Waals surface area contributed by atoms with Gasteiger partial charge >= 0.3 is 0 Å². The van der Waals surface area contributed by atoms with E-state index in [1.165, 1.54) is 25.3 Å². The number of methoxy groups -OCH3 is 2. The second-order valence-corrected chi connectivity index (χ2v) is 4.48. The van der Waals surface area contributed by atoms with E-state index >= 15 is 0 Å². The zero-order valence-electron chi connectivity index (χ0n) is 12.1. The van der Waals surface area contributed by atoms with E-state index in [1.807, 2.05) is 0 Å². The van der Waals surface area contributed by atoms with Gasteiger partial charge in [0.15, 0.2) is 0 Å². The third-order valence-corrected chi connectivity index (χ3v) is 3.09. The summed E-state index contributed by atoms with van der Waals surface area (Å²) in [5, 5.41) is 2.75. The number of aryl methyl sites for hydroxylation is 1. The first-order chi connectivity index (χ1) is 10.0. The van der Waals surface area contributed by atoms with Crippen molar-refractivity contribution in [2.45, 2.75) is 6.92 Å². The second kappa shape index (κ2) is 6.26. The highest BCUT2D eigenvalue weighted by Gasteiger charge is 2.13. The molecule has 0 aliphatic heterocycles. The Bertz CT molecular complexity index is 671. The molecule has 4 nitrogen and oxygen atoms in total. The number of rotatable bonds is 4. The maximum atomic E-state index is 13.1. The zero-order valence-corrected chi connectivity index (χ0v) is 12.1. The van der Waals surface area contributed by atoms with Gasteiger partial charge in [0.25, 0.3) is 5.91 Å². The summed E-state index contributed by atoms with van der Waals surface area (Å²) in [7, 11) is 3.06. The maximum absolute atomic E-state index is 13.1. The van der Waals surface area contributed by atoms with E-state index in [2.05, 4.69) is 5.32 Å². The number of hydrogen-bond acceptors (Lipinski definition) is 3. The van der Waals surface area contributed by atoms with Crippen molar-refractivity contribution in [2.24, 2.45) is 0 Å². The second-order valence-electron chi connectivity index (χ2n) is 4.48. The van der Waals surface area contributed by atoms with Gasteiger partial charge in [-0.15, -0.1) is 0 Å². The number of benzene rings is 2. The van der Waals surface area contributed by atoms with Crippen LogP contribution >= 0.6 is 0 Å². The molecular weight excluding hydrogens is 273 g/mol. The molecular formula is C16H16FNO3. The van der Waals surface area contributed by atoms with Crippen molar-refractivity contribution < 1.29 is 18.7 Å². The number of amides is 1. The average molecular weight is 289 g/mol. The molecule has 5 heteroatoms. The van der Waals surface area contributed by atoms with Gasteiger partial charge in [0.05, 0.1) is 19.9 Å². The summed E-state index contributed by atoms with van der Waals surface area (Å²) >= 11 is 0. The molecule has 1 amide bonds. The van der Waals surface area contributed by atoms with Crippen molar-refractivity contribution >= 4 is 11.6 Å². The van der Waals surface area contributed by atoms with Crippen molar-refractivity contribution in [3.63, 3.8) is 0 Å². The van der Waals surface area contributed by atoms with Crippen LogP contribution in [-0.4, -0.2) is 20.1 Å². The first-order valence-corrected chi connectivity index (χ1v) is 6.34. The molecule has 0 aliphatic carbocycles. The van der Waals surface area contributed by atoms with E-state index < -0.39 is 0 Å². The molecule has 0 saturated carbocycles. The summed E-state index contributed by atoms with van der Waals surface area (Å²) in [6.07, 6.45) is 0. The van der Waals surface area contributed by atoms with Gasteiger partial charge in [0, 0.05) is 11.6 Å². The number of halogens is 1. The normalized spacial score (nSPS) is 10.1. The largest absolute Gasteiger partial charge is 0.497 e. The van der Waals surface area contributed by atoms with Gasteiger partial charge in [-0.05, 0) is 42.8 Å². The summed E-state index contributed by atoms with van der Waals surface area (Å²) in [5.41, 5.74) is 1.50. The van der Waals surface area contributed by atoms with Crippen LogP contribution in [0.4, 0.5) is 10.1 Å². The molecule has 0 heterocycles. The van der Waals surface area contributed by atoms with Gasteiger partial charge in [-0.3, -0.25) is 4.79 Å². The Morgan fingerprint density at radius 1 is 1.10 bits per heavy atom. The highest BCUT2D eigenvalue weighted by atomic mass is 19.1. The lowest BCUT2D eigenvalue weighted by Gasteiger charge is -2.12. The van der Waals surface area contributed by atoms with Crippen LogP contribution in [0.15, 0.2) is 36.4 Å². The molecule has 110 valence electrons. The van der Waals surface area contributed by atoms with Gasteiger partial charge in [-0.1, -0.05) is 0 Å². The lowest BCUT2D eigenvalue weighted by molar-refractivity contribution is 0.102. The van der Waals surface area contributed by atoms with Gasteiger partial charge in [-0.2, -0.15) is 0 Å². The quantitative estimate of drug-likeness (QED) is 0.938. The Kier molecular flexibility index (Phi) is 4.42. The Morgan fingerprint density at radius 2 is 1.86 bits per heavy atom. The minimum absolute atomic E-state index is 0.323. The first-order valence-electron chi connectivity index (χ1n) is 6.34. The Labute approximate surface area is 122 Å². The molecule has 21 heavy (non-hydrogen) atoms. The van der Waals surface area contributed by atoms with Crippen molar-refractivity contribution in [3.05, 3.63) is 53.3 Å². The fraction of sp³-hybridized carbons (Fsp3) is 0.188. The van der Waals surface area contributed by atoms with Crippen LogP contribution in [0.2, 0.25) is 0 Å². The third kappa shape index (κ3) is 3.31. The average Bonchev–Trinajstić information content (AvgIpc) is 2.47. The van der Waals surface area contributed by atoms with Gasteiger partial charge in [-0.25, -0.2) is 4.39 Å². The van der Waals surface area contributed by atoms with Gasteiger partial charge in [0.1, 0.15) is 17.3 Å². The predicted molar refractivity (Wildman–Crippen MR) is 78.6 cm³/mol. The van der Waals surface area contributed by atoms with Gasteiger partial charge in [0.2, 0.25) is 0 Å². The number of carbonyl (C=O) groups is 1. The predicted octanol–water partition coefficient (Wildman–Crippen LogP) is 3.40. The molecule has 2 rings (SSSR count). The van der Waals surface area contributed by atoms with E-state index in [9.17, 15) is 9.18 Å². The first kappa shape index (κ1) is 14.8. The van der Waals surface area contributed by atoms with Crippen molar-refractivity contribution in [1.82, 2.24) is 0 Å². The van der Waals surface area contributed by atoms with Crippen LogP contribution < -0.4 is 14.8 Å². The Balaban J connectivity index is 2.27. The number of hydrogen-bond donors (Lipinski definition) is 1. The molecule has 0 aliphatic rings. The summed E-state index contributed by atoms with van der Waals surface area (Å²) < 4.78 is 23.4. The van der Waals surface area contributed by atoms with Crippen LogP contribution in [0.1, 0.15) is 15.9 Å². The van der Waals surface area contributed by atoms with Crippen LogP contribution in [0.3, 0.4) is 0 Å². The molecule has 0 bridgehead atoms. The third-order valence-electron chi connectivity index (χ3n) is 3.09. The Morgan fingerprint density at radius 3 is 2.48 bits per heavy atom. The van der Waals surface area contributed by atoms with E-state index in [1.54, 1.807) is 32.2 Å². The molecule has 0 fully saturated rings. The lowest BCUT2D eigenvalue weighted by atomic mass is 10.1. The number of carbonyl (C=O) groups excluding carboxylic acids is 1. The number of nitrogens with one attached hydrogen (secondary N) is 1. The molecule has 2 aromatic rings. The molecule has 0 radical (unpaired) electrons. The van der Waals surface area contributed by atoms with Crippen molar-refractivity contribution in [3.8, 4) is 11.5 Å². The van der Waals surface area contributed by atoms with Crippen molar-refractivity contribution in [1.29, 1.82) is 0 Å². The van der Waals surface area contributed by atoms with Crippen LogP contribution in [0, 0.1) is 12.7 Å². The minimum atomic E-state index is -0.369. The molecule has 0 saturated heterocycles. The molecule has 0 spiro atoms. The SMILES string of the molecule is COc1ccc(NC(=O)c2ccc(F)cc2C)c(OC)c1. The van der Waals surface area contributed by atoms with Crippen LogP contribution in [0.25, 0.3) is 0 Å². The topological polar surface area (TPSA) is 47.6 Å². The zero-order chi connectivity index (χ0) is 15.4. The maximum Gasteiger partial charge on any atom is 0.256 e. The van der Waals surface area contributed by atoms with Gasteiger partial charge < -0.3 is 14.8 Å². The summed E-state index contributed by atoms with van der Waals surface area (Å²) in [4.78, 5) is 12.2. The molecule has 0 unspecified atom stereocenters. The van der Waals surface area contributed by atoms with Crippen molar-refractivity contribution in [2.75, 3.05) is 19.5 Å². The molecule has 0 atom stereocenters. The lowest BCUT2D eigenvalue weighted by Crippen LogP contribution is -2.14. The standard InChI is InChI=1S/C16H16FNO3/c1-10-8-11(17)4-6-13(10)16(19)18-14-7-5-12(20-2)9-15(14)21-3/h4-9H,1-3H3,(H,18,19). The van der Waals surface area contributed by atoms with Crippen LogP contribution in [-0.2, 0) is 0 Å². The summed E-state index contributed by atoms with van der Waals surface area (Å²) in [6.45, 7) is 1.68.